The van der Waals surface area contributed by atoms with Crippen molar-refractivity contribution >= 4 is 12.2 Å². The maximum absolute atomic E-state index is 12.7. The van der Waals surface area contributed by atoms with Crippen molar-refractivity contribution in [1.82, 2.24) is 14.8 Å². The number of halogens is 3. The Morgan fingerprint density at radius 3 is 2.35 bits per heavy atom. The van der Waals surface area contributed by atoms with Gasteiger partial charge in [-0.15, -0.1) is 0 Å². The van der Waals surface area contributed by atoms with Crippen LogP contribution in [0.3, 0.4) is 0 Å². The lowest BCUT2D eigenvalue weighted by molar-refractivity contribution is -0.141. The van der Waals surface area contributed by atoms with Gasteiger partial charge in [0.05, 0.1) is 5.69 Å². The van der Waals surface area contributed by atoms with E-state index in [1.54, 1.807) is 12.1 Å². The third-order valence-corrected chi connectivity index (χ3v) is 2.82. The van der Waals surface area contributed by atoms with Crippen molar-refractivity contribution < 1.29 is 13.2 Å². The monoisotopic (exact) mass is 259 g/mol. The van der Waals surface area contributed by atoms with Gasteiger partial charge in [-0.05, 0) is 19.1 Å². The van der Waals surface area contributed by atoms with Gasteiger partial charge >= 0.3 is 6.18 Å². The fourth-order valence-electron chi connectivity index (χ4n) is 1.47. The van der Waals surface area contributed by atoms with Crippen LogP contribution in [-0.2, 0) is 6.18 Å². The van der Waals surface area contributed by atoms with Crippen LogP contribution in [0.5, 0.6) is 0 Å². The van der Waals surface area contributed by atoms with E-state index in [2.05, 4.69) is 10.1 Å². The zero-order chi connectivity index (χ0) is 12.6. The van der Waals surface area contributed by atoms with Crippen LogP contribution in [-0.4, -0.2) is 14.8 Å². The fourth-order valence-corrected chi connectivity index (χ4v) is 1.73. The second kappa shape index (κ2) is 3.99. The number of nitrogens with one attached hydrogen (secondary N) is 1. The maximum Gasteiger partial charge on any atom is 0.433 e. The molecule has 7 heteroatoms. The lowest BCUT2D eigenvalue weighted by Gasteiger charge is -2.04. The van der Waals surface area contributed by atoms with Gasteiger partial charge in [0, 0.05) is 18.0 Å². The van der Waals surface area contributed by atoms with Gasteiger partial charge in [0.1, 0.15) is 10.3 Å². The van der Waals surface area contributed by atoms with E-state index in [1.165, 1.54) is 24.0 Å². The minimum Gasteiger partial charge on any atom is -0.288 e. The Hall–Kier alpha value is -1.63. The first kappa shape index (κ1) is 11.8. The summed E-state index contributed by atoms with van der Waals surface area (Å²) in [5.41, 5.74) is -0.285. The number of aromatic amines is 1. The smallest absolute Gasteiger partial charge is 0.288 e. The fraction of sp³-hybridized carbons (Fsp3) is 0.200. The molecule has 17 heavy (non-hydrogen) atoms. The van der Waals surface area contributed by atoms with E-state index in [1.807, 2.05) is 0 Å². The third kappa shape index (κ3) is 2.10. The molecule has 0 aromatic carbocycles. The molecule has 0 radical (unpaired) electrons. The molecule has 0 aliphatic rings. The molecule has 2 heterocycles. The molecule has 2 rings (SSSR count). The lowest BCUT2D eigenvalue weighted by Crippen LogP contribution is -2.08. The van der Waals surface area contributed by atoms with Gasteiger partial charge in [-0.25, -0.2) is 4.68 Å². The number of H-pyrrole nitrogens is 1. The first-order valence-corrected chi connectivity index (χ1v) is 5.11. The maximum atomic E-state index is 12.7. The molecule has 0 amide bonds. The first-order chi connectivity index (χ1) is 7.91. The van der Waals surface area contributed by atoms with Crippen LogP contribution in [0.4, 0.5) is 13.2 Å². The summed E-state index contributed by atoms with van der Waals surface area (Å²) >= 11 is 4.98. The van der Waals surface area contributed by atoms with E-state index in [9.17, 15) is 13.2 Å². The van der Waals surface area contributed by atoms with Crippen LogP contribution in [0.15, 0.2) is 24.5 Å². The quantitative estimate of drug-likeness (QED) is 0.797. The summed E-state index contributed by atoms with van der Waals surface area (Å²) < 4.78 is 39.3. The number of rotatable bonds is 1. The number of aromatic nitrogens is 3. The number of hydrogen-bond acceptors (Lipinski definition) is 2. The SMILES string of the molecule is Cc1c(C(F)(F)F)[nH]n(-c2ccncc2)c1=S. The molecule has 3 nitrogen and oxygen atoms in total. The molecule has 90 valence electrons. The Kier molecular flexibility index (Phi) is 2.78. The van der Waals surface area contributed by atoms with Gasteiger partial charge in [0.15, 0.2) is 0 Å². The summed E-state index contributed by atoms with van der Waals surface area (Å²) in [4.78, 5) is 3.80. The zero-order valence-corrected chi connectivity index (χ0v) is 9.56. The third-order valence-electron chi connectivity index (χ3n) is 2.33. The Bertz CT molecular complexity index is 583. The van der Waals surface area contributed by atoms with Gasteiger partial charge in [-0.2, -0.15) is 13.2 Å². The topological polar surface area (TPSA) is 33.6 Å². The molecule has 0 fully saturated rings. The molecule has 2 aromatic rings. The summed E-state index contributed by atoms with van der Waals surface area (Å²) in [5, 5.41) is 2.27. The molecule has 1 N–H and O–H groups in total. The number of pyridine rings is 1. The van der Waals surface area contributed by atoms with E-state index < -0.39 is 11.9 Å². The summed E-state index contributed by atoms with van der Waals surface area (Å²) in [5.74, 6) is 0. The highest BCUT2D eigenvalue weighted by Gasteiger charge is 2.35. The average Bonchev–Trinajstić information content (AvgIpc) is 2.57. The van der Waals surface area contributed by atoms with E-state index in [-0.39, 0.29) is 10.2 Å². The predicted molar refractivity (Wildman–Crippen MR) is 58.5 cm³/mol. The molecule has 0 spiro atoms. The van der Waals surface area contributed by atoms with E-state index in [0.29, 0.717) is 5.69 Å². The minimum atomic E-state index is -4.43. The highest BCUT2D eigenvalue weighted by Crippen LogP contribution is 2.31. The van der Waals surface area contributed by atoms with Gasteiger partial charge in [0.2, 0.25) is 0 Å². The summed E-state index contributed by atoms with van der Waals surface area (Å²) in [7, 11) is 0. The van der Waals surface area contributed by atoms with Gasteiger partial charge in [0.25, 0.3) is 0 Å². The average molecular weight is 259 g/mol. The number of hydrogen-bond donors (Lipinski definition) is 1. The molecule has 0 unspecified atom stereocenters. The molecule has 0 aliphatic heterocycles. The molecular weight excluding hydrogens is 251 g/mol. The van der Waals surface area contributed by atoms with E-state index in [0.717, 1.165) is 0 Å². The molecule has 0 aliphatic carbocycles. The highest BCUT2D eigenvalue weighted by molar-refractivity contribution is 7.71. The highest BCUT2D eigenvalue weighted by atomic mass is 32.1. The van der Waals surface area contributed by atoms with Crippen molar-refractivity contribution in [3.8, 4) is 5.69 Å². The first-order valence-electron chi connectivity index (χ1n) is 4.70. The Balaban J connectivity index is 2.63. The van der Waals surface area contributed by atoms with Crippen LogP contribution in [0.1, 0.15) is 11.3 Å². The predicted octanol–water partition coefficient (Wildman–Crippen LogP) is 3.26. The van der Waals surface area contributed by atoms with Crippen molar-refractivity contribution in [3.05, 3.63) is 40.4 Å². The largest absolute Gasteiger partial charge is 0.433 e. The molecular formula is C10H8F3N3S. The Morgan fingerprint density at radius 1 is 1.29 bits per heavy atom. The molecule has 0 saturated heterocycles. The standard InChI is InChI=1S/C10H8F3N3S/c1-6-8(10(11,12)13)15-16(9(6)17)7-2-4-14-5-3-7/h2-5,15H,1H3. The van der Waals surface area contributed by atoms with Crippen molar-refractivity contribution in [3.63, 3.8) is 0 Å². The number of nitrogens with zero attached hydrogens (tertiary/aromatic N) is 2. The van der Waals surface area contributed by atoms with Gasteiger partial charge < -0.3 is 0 Å². The molecule has 2 aromatic heterocycles. The van der Waals surface area contributed by atoms with Crippen molar-refractivity contribution in [1.29, 1.82) is 0 Å². The zero-order valence-electron chi connectivity index (χ0n) is 8.75. The van der Waals surface area contributed by atoms with Crippen LogP contribution in [0.25, 0.3) is 5.69 Å². The van der Waals surface area contributed by atoms with Crippen LogP contribution < -0.4 is 0 Å². The molecule has 0 bridgehead atoms. The summed E-state index contributed by atoms with van der Waals surface area (Å²) in [6.45, 7) is 1.35. The molecule has 0 atom stereocenters. The summed E-state index contributed by atoms with van der Waals surface area (Å²) in [6.07, 6.45) is -1.46. The van der Waals surface area contributed by atoms with Gasteiger partial charge in [-0.3, -0.25) is 10.1 Å². The second-order valence-electron chi connectivity index (χ2n) is 3.46. The molecule has 0 saturated carbocycles. The van der Waals surface area contributed by atoms with Crippen LogP contribution in [0, 0.1) is 11.6 Å². The minimum absolute atomic E-state index is 0.0179. The summed E-state index contributed by atoms with van der Waals surface area (Å²) in [6, 6.07) is 3.15. The van der Waals surface area contributed by atoms with Crippen molar-refractivity contribution in [2.75, 3.05) is 0 Å². The number of alkyl halides is 3. The van der Waals surface area contributed by atoms with Crippen molar-refractivity contribution in [2.24, 2.45) is 0 Å². The van der Waals surface area contributed by atoms with Crippen LogP contribution in [0.2, 0.25) is 0 Å². The second-order valence-corrected chi connectivity index (χ2v) is 3.84. The van der Waals surface area contributed by atoms with E-state index >= 15 is 0 Å². The van der Waals surface area contributed by atoms with Crippen molar-refractivity contribution in [2.45, 2.75) is 13.1 Å². The van der Waals surface area contributed by atoms with Gasteiger partial charge in [-0.1, -0.05) is 12.2 Å². The van der Waals surface area contributed by atoms with Crippen LogP contribution >= 0.6 is 12.2 Å². The van der Waals surface area contributed by atoms with E-state index in [4.69, 9.17) is 12.2 Å². The Labute approximate surface area is 99.9 Å². The lowest BCUT2D eigenvalue weighted by atomic mass is 10.3. The Morgan fingerprint density at radius 2 is 1.88 bits per heavy atom. The normalized spacial score (nSPS) is 11.8.